The van der Waals surface area contributed by atoms with Crippen LogP contribution in [0.25, 0.3) is 0 Å². The van der Waals surface area contributed by atoms with Gasteiger partial charge in [0.1, 0.15) is 0 Å². The highest BCUT2D eigenvalue weighted by molar-refractivity contribution is 5.18. The van der Waals surface area contributed by atoms with E-state index >= 15 is 0 Å². The smallest absolute Gasteiger partial charge is 0.0575 e. The number of hydrogen-bond acceptors (Lipinski definition) is 3. The molecule has 4 heteroatoms. The molecule has 0 fully saturated rings. The Labute approximate surface area is 121 Å². The van der Waals surface area contributed by atoms with E-state index in [4.69, 9.17) is 0 Å². The van der Waals surface area contributed by atoms with E-state index in [1.54, 1.807) is 0 Å². The fourth-order valence-corrected chi connectivity index (χ4v) is 2.34. The Balaban J connectivity index is 2.03. The van der Waals surface area contributed by atoms with Crippen LogP contribution in [-0.2, 0) is 13.5 Å². The molecule has 2 rings (SSSR count). The van der Waals surface area contributed by atoms with Crippen molar-refractivity contribution in [2.45, 2.75) is 39.2 Å². The van der Waals surface area contributed by atoms with Crippen LogP contribution < -0.4 is 5.32 Å². The molecule has 0 aliphatic rings. The average Bonchev–Trinajstić information content (AvgIpc) is 2.85. The van der Waals surface area contributed by atoms with E-state index in [2.05, 4.69) is 41.5 Å². The minimum absolute atomic E-state index is 0.315. The van der Waals surface area contributed by atoms with Gasteiger partial charge in [0.2, 0.25) is 0 Å². The van der Waals surface area contributed by atoms with Crippen molar-refractivity contribution >= 4 is 0 Å². The summed E-state index contributed by atoms with van der Waals surface area (Å²) in [7, 11) is 1.96. The molecule has 0 spiro atoms. The Kier molecular flexibility index (Phi) is 5.30. The SMILES string of the molecule is CCCNC(CCc1cnn(C)c1)c1cc(C)ccn1. The zero-order valence-electron chi connectivity index (χ0n) is 12.6. The molecular formula is C16H24N4. The average molecular weight is 272 g/mol. The molecule has 2 aromatic rings. The van der Waals surface area contributed by atoms with Crippen LogP contribution in [0.1, 0.15) is 42.6 Å². The molecule has 2 heterocycles. The van der Waals surface area contributed by atoms with Crippen molar-refractivity contribution in [1.82, 2.24) is 20.1 Å². The van der Waals surface area contributed by atoms with E-state index in [0.29, 0.717) is 6.04 Å². The van der Waals surface area contributed by atoms with E-state index in [1.165, 1.54) is 11.1 Å². The Hall–Kier alpha value is -1.68. The topological polar surface area (TPSA) is 42.7 Å². The molecule has 0 aromatic carbocycles. The first kappa shape index (κ1) is 14.7. The molecule has 0 bridgehead atoms. The lowest BCUT2D eigenvalue weighted by molar-refractivity contribution is 0.488. The molecule has 4 nitrogen and oxygen atoms in total. The van der Waals surface area contributed by atoms with Crippen LogP contribution >= 0.6 is 0 Å². The van der Waals surface area contributed by atoms with E-state index in [0.717, 1.165) is 31.5 Å². The number of nitrogens with zero attached hydrogens (tertiary/aromatic N) is 3. The van der Waals surface area contributed by atoms with Gasteiger partial charge < -0.3 is 5.32 Å². The molecule has 0 amide bonds. The zero-order chi connectivity index (χ0) is 14.4. The first-order valence-electron chi connectivity index (χ1n) is 7.32. The van der Waals surface area contributed by atoms with Crippen LogP contribution in [0.2, 0.25) is 0 Å². The number of pyridine rings is 1. The molecule has 0 saturated heterocycles. The van der Waals surface area contributed by atoms with Crippen molar-refractivity contribution in [3.63, 3.8) is 0 Å². The molecule has 0 aliphatic heterocycles. The summed E-state index contributed by atoms with van der Waals surface area (Å²) in [6.07, 6.45) is 9.12. The van der Waals surface area contributed by atoms with Gasteiger partial charge in [-0.2, -0.15) is 5.10 Å². The minimum atomic E-state index is 0.315. The number of nitrogens with one attached hydrogen (secondary N) is 1. The number of rotatable bonds is 7. The molecule has 20 heavy (non-hydrogen) atoms. The van der Waals surface area contributed by atoms with Crippen LogP contribution in [0, 0.1) is 6.92 Å². The molecule has 0 aliphatic carbocycles. The molecule has 1 atom stereocenters. The van der Waals surface area contributed by atoms with Crippen LogP contribution in [0.5, 0.6) is 0 Å². The molecule has 1 unspecified atom stereocenters. The third-order valence-corrected chi connectivity index (χ3v) is 3.41. The van der Waals surface area contributed by atoms with Gasteiger partial charge in [-0.05, 0) is 56.0 Å². The first-order chi connectivity index (χ1) is 9.69. The summed E-state index contributed by atoms with van der Waals surface area (Å²) in [4.78, 5) is 4.53. The molecule has 2 aromatic heterocycles. The Bertz CT molecular complexity index is 533. The molecule has 108 valence electrons. The maximum absolute atomic E-state index is 4.53. The Morgan fingerprint density at radius 2 is 2.25 bits per heavy atom. The van der Waals surface area contributed by atoms with Crippen LogP contribution in [0.15, 0.2) is 30.7 Å². The van der Waals surface area contributed by atoms with Gasteiger partial charge in [0, 0.05) is 25.5 Å². The second-order valence-electron chi connectivity index (χ2n) is 5.33. The van der Waals surface area contributed by atoms with Crippen molar-refractivity contribution in [3.8, 4) is 0 Å². The quantitative estimate of drug-likeness (QED) is 0.843. The number of hydrogen-bond donors (Lipinski definition) is 1. The van der Waals surface area contributed by atoms with Gasteiger partial charge >= 0.3 is 0 Å². The van der Waals surface area contributed by atoms with Gasteiger partial charge in [0.25, 0.3) is 0 Å². The Morgan fingerprint density at radius 1 is 1.40 bits per heavy atom. The van der Waals surface area contributed by atoms with E-state index < -0.39 is 0 Å². The van der Waals surface area contributed by atoms with Gasteiger partial charge in [-0.1, -0.05) is 6.92 Å². The van der Waals surface area contributed by atoms with Gasteiger partial charge in [0.05, 0.1) is 11.9 Å². The van der Waals surface area contributed by atoms with Crippen molar-refractivity contribution in [3.05, 3.63) is 47.5 Å². The lowest BCUT2D eigenvalue weighted by atomic mass is 10.0. The van der Waals surface area contributed by atoms with Crippen molar-refractivity contribution in [1.29, 1.82) is 0 Å². The van der Waals surface area contributed by atoms with Crippen molar-refractivity contribution in [2.75, 3.05) is 6.54 Å². The summed E-state index contributed by atoms with van der Waals surface area (Å²) in [6, 6.07) is 4.54. The summed E-state index contributed by atoms with van der Waals surface area (Å²) in [5.74, 6) is 0. The predicted octanol–water partition coefficient (Wildman–Crippen LogP) is 2.80. The summed E-state index contributed by atoms with van der Waals surface area (Å²) in [5, 5.41) is 7.82. The fourth-order valence-electron chi connectivity index (χ4n) is 2.34. The zero-order valence-corrected chi connectivity index (χ0v) is 12.6. The second-order valence-corrected chi connectivity index (χ2v) is 5.33. The Morgan fingerprint density at radius 3 is 2.90 bits per heavy atom. The molecule has 1 N–H and O–H groups in total. The van der Waals surface area contributed by atoms with Crippen LogP contribution in [-0.4, -0.2) is 21.3 Å². The standard InChI is InChI=1S/C16H24N4/c1-4-8-17-15(16-10-13(2)7-9-18-16)6-5-14-11-19-20(3)12-14/h7,9-12,15,17H,4-6,8H2,1-3H3. The predicted molar refractivity (Wildman–Crippen MR) is 81.5 cm³/mol. The van der Waals surface area contributed by atoms with Crippen molar-refractivity contribution in [2.24, 2.45) is 7.05 Å². The number of aromatic nitrogens is 3. The van der Waals surface area contributed by atoms with Gasteiger partial charge in [-0.15, -0.1) is 0 Å². The number of aryl methyl sites for hydroxylation is 3. The normalized spacial score (nSPS) is 12.6. The molecule has 0 saturated carbocycles. The second kappa shape index (κ2) is 7.20. The largest absolute Gasteiger partial charge is 0.309 e. The van der Waals surface area contributed by atoms with Crippen LogP contribution in [0.3, 0.4) is 0 Å². The van der Waals surface area contributed by atoms with Gasteiger partial charge in [-0.3, -0.25) is 9.67 Å². The fraction of sp³-hybridized carbons (Fsp3) is 0.500. The first-order valence-corrected chi connectivity index (χ1v) is 7.32. The third-order valence-electron chi connectivity index (χ3n) is 3.41. The van der Waals surface area contributed by atoms with E-state index in [9.17, 15) is 0 Å². The van der Waals surface area contributed by atoms with Crippen molar-refractivity contribution < 1.29 is 0 Å². The summed E-state index contributed by atoms with van der Waals surface area (Å²) < 4.78 is 1.86. The summed E-state index contributed by atoms with van der Waals surface area (Å²) in [6.45, 7) is 5.32. The molecule has 0 radical (unpaired) electrons. The highest BCUT2D eigenvalue weighted by Crippen LogP contribution is 2.18. The minimum Gasteiger partial charge on any atom is -0.309 e. The highest BCUT2D eigenvalue weighted by Gasteiger charge is 2.12. The van der Waals surface area contributed by atoms with E-state index in [-0.39, 0.29) is 0 Å². The molecular weight excluding hydrogens is 248 g/mol. The monoisotopic (exact) mass is 272 g/mol. The highest BCUT2D eigenvalue weighted by atomic mass is 15.2. The van der Waals surface area contributed by atoms with Crippen LogP contribution in [0.4, 0.5) is 0 Å². The summed E-state index contributed by atoms with van der Waals surface area (Å²) in [5.41, 5.74) is 3.69. The third kappa shape index (κ3) is 4.17. The van der Waals surface area contributed by atoms with Gasteiger partial charge in [-0.25, -0.2) is 0 Å². The maximum Gasteiger partial charge on any atom is 0.0575 e. The lowest BCUT2D eigenvalue weighted by Gasteiger charge is -2.18. The van der Waals surface area contributed by atoms with E-state index in [1.807, 2.05) is 30.2 Å². The van der Waals surface area contributed by atoms with Gasteiger partial charge in [0.15, 0.2) is 0 Å². The summed E-state index contributed by atoms with van der Waals surface area (Å²) >= 11 is 0. The lowest BCUT2D eigenvalue weighted by Crippen LogP contribution is -2.23. The maximum atomic E-state index is 4.53.